The first-order valence-corrected chi connectivity index (χ1v) is 14.6. The van der Waals surface area contributed by atoms with E-state index in [9.17, 15) is 5.11 Å². The van der Waals surface area contributed by atoms with E-state index in [-0.39, 0.29) is 26.8 Å². The van der Waals surface area contributed by atoms with Gasteiger partial charge < -0.3 is 14.2 Å². The molecule has 10 rings (SSSR count). The zero-order valence-electron chi connectivity index (χ0n) is 23.6. The van der Waals surface area contributed by atoms with Crippen molar-refractivity contribution < 1.29 is 26.2 Å². The molecule has 7 heteroatoms. The molecule has 0 saturated heterocycles. The molecule has 0 bridgehead atoms. The van der Waals surface area contributed by atoms with Crippen LogP contribution >= 0.6 is 0 Å². The number of hydrogen-bond donors (Lipinski definition) is 1. The average Bonchev–Trinajstić information content (AvgIpc) is 3.75. The van der Waals surface area contributed by atoms with Gasteiger partial charge >= 0.3 is 0 Å². The molecule has 0 amide bonds. The van der Waals surface area contributed by atoms with Crippen molar-refractivity contribution in [1.82, 2.24) is 23.5 Å². The molecular weight excluding hydrogens is 738 g/mol. The third-order valence-corrected chi connectivity index (χ3v) is 8.88. The number of para-hydroxylation sites is 3. The molecule has 0 aliphatic carbocycles. The third-order valence-electron chi connectivity index (χ3n) is 8.88. The zero-order chi connectivity index (χ0) is 28.9. The minimum atomic E-state index is 0. The van der Waals surface area contributed by atoms with Crippen LogP contribution in [0.25, 0.3) is 82.6 Å². The number of imidazole rings is 1. The summed E-state index contributed by atoms with van der Waals surface area (Å²) in [5, 5.41) is 18.3. The van der Waals surface area contributed by atoms with Crippen LogP contribution in [-0.4, -0.2) is 28.6 Å². The Kier molecular flexibility index (Phi) is 5.50. The Hall–Kier alpha value is -5.45. The molecular formula is C38H22N5OPt-. The predicted molar refractivity (Wildman–Crippen MR) is 177 cm³/mol. The van der Waals surface area contributed by atoms with Gasteiger partial charge in [0.05, 0.1) is 22.6 Å². The molecule has 5 aromatic heterocycles. The Morgan fingerprint density at radius 3 is 2.00 bits per heavy atom. The molecule has 216 valence electrons. The van der Waals surface area contributed by atoms with Crippen molar-refractivity contribution in [2.75, 3.05) is 0 Å². The molecule has 6 nitrogen and oxygen atoms in total. The summed E-state index contributed by atoms with van der Waals surface area (Å²) in [6.45, 7) is 0. The Labute approximate surface area is 270 Å². The Bertz CT molecular complexity index is 2750. The second kappa shape index (κ2) is 9.52. The second-order valence-corrected chi connectivity index (χ2v) is 11.2. The summed E-state index contributed by atoms with van der Waals surface area (Å²) in [5.74, 6) is 0.969. The van der Waals surface area contributed by atoms with Crippen molar-refractivity contribution in [2.24, 2.45) is 0 Å². The van der Waals surface area contributed by atoms with E-state index in [1.54, 1.807) is 6.07 Å². The topological polar surface area (TPSA) is 60.3 Å². The Balaban J connectivity index is 0.00000281. The maximum Gasteiger partial charge on any atom is 0.155 e. The minimum absolute atomic E-state index is 0. The quantitative estimate of drug-likeness (QED) is 0.142. The van der Waals surface area contributed by atoms with Crippen molar-refractivity contribution in [3.8, 4) is 17.3 Å². The summed E-state index contributed by atoms with van der Waals surface area (Å²) >= 11 is 0. The van der Waals surface area contributed by atoms with E-state index in [4.69, 9.17) is 9.97 Å². The monoisotopic (exact) mass is 759 g/mol. The summed E-state index contributed by atoms with van der Waals surface area (Å²) in [7, 11) is 0. The summed E-state index contributed by atoms with van der Waals surface area (Å²) in [5.41, 5.74) is 6.59. The fourth-order valence-corrected chi connectivity index (χ4v) is 7.04. The van der Waals surface area contributed by atoms with Crippen molar-refractivity contribution in [1.29, 1.82) is 0 Å². The molecule has 1 N–H and O–H groups in total. The number of fused-ring (bicyclic) bond motifs is 12. The molecule has 5 aromatic carbocycles. The SMILES string of the molecule is Oc1cccc2c3ccccc3n3cc(-n4c5[c-]c(-n6c7ccccc7c7cccnc76)ccc5c5ccccc54)nc3c12.[Pt]. The molecule has 0 aliphatic rings. The Morgan fingerprint density at radius 2 is 1.20 bits per heavy atom. The third kappa shape index (κ3) is 3.49. The van der Waals surface area contributed by atoms with Crippen LogP contribution in [0.15, 0.2) is 128 Å². The van der Waals surface area contributed by atoms with E-state index in [1.165, 1.54) is 0 Å². The first-order chi connectivity index (χ1) is 21.8. The molecule has 10 aromatic rings. The van der Waals surface area contributed by atoms with Crippen LogP contribution in [-0.2, 0) is 21.1 Å². The number of aromatic nitrogens is 5. The van der Waals surface area contributed by atoms with Crippen LogP contribution in [0.1, 0.15) is 0 Å². The van der Waals surface area contributed by atoms with Gasteiger partial charge in [-0.2, -0.15) is 6.07 Å². The van der Waals surface area contributed by atoms with Crippen molar-refractivity contribution in [3.05, 3.63) is 134 Å². The minimum Gasteiger partial charge on any atom is -0.507 e. The van der Waals surface area contributed by atoms with E-state index >= 15 is 0 Å². The number of rotatable bonds is 2. The average molecular weight is 760 g/mol. The van der Waals surface area contributed by atoms with Crippen LogP contribution in [0.2, 0.25) is 0 Å². The van der Waals surface area contributed by atoms with Crippen LogP contribution in [0.4, 0.5) is 0 Å². The van der Waals surface area contributed by atoms with Crippen molar-refractivity contribution in [3.63, 3.8) is 0 Å². The summed E-state index contributed by atoms with van der Waals surface area (Å²) in [6.07, 6.45) is 3.91. The van der Waals surface area contributed by atoms with Gasteiger partial charge in [-0.1, -0.05) is 77.9 Å². The molecule has 0 spiro atoms. The number of aromatic hydroxyl groups is 1. The van der Waals surface area contributed by atoms with Gasteiger partial charge in [0.15, 0.2) is 11.5 Å². The second-order valence-electron chi connectivity index (χ2n) is 11.2. The van der Waals surface area contributed by atoms with Gasteiger partial charge in [-0.05, 0) is 47.2 Å². The number of phenolic OH excluding ortho intramolecular Hbond substituents is 1. The van der Waals surface area contributed by atoms with Crippen LogP contribution in [0.5, 0.6) is 5.75 Å². The van der Waals surface area contributed by atoms with E-state index in [0.29, 0.717) is 5.65 Å². The number of hydrogen-bond acceptors (Lipinski definition) is 3. The Morgan fingerprint density at radius 1 is 0.556 bits per heavy atom. The summed E-state index contributed by atoms with van der Waals surface area (Å²) in [6, 6.07) is 42.9. The first kappa shape index (κ1) is 26.0. The standard InChI is InChI=1S/C38H22N5O.Pt/c44-34-17-7-12-28-25-10-1-4-14-30(25)41-22-35(40-38(41)36(28)34)43-32-16-6-2-9-24(32)27-19-18-23(21-33(27)43)42-31-15-5-3-11-26(31)29-13-8-20-39-37(29)42;/h1-20,22,44H;/q-1;. The molecule has 0 atom stereocenters. The van der Waals surface area contributed by atoms with Crippen molar-refractivity contribution in [2.45, 2.75) is 0 Å². The largest absolute Gasteiger partial charge is 0.507 e. The maximum absolute atomic E-state index is 11.1. The molecule has 0 fully saturated rings. The van der Waals surface area contributed by atoms with Gasteiger partial charge in [0, 0.05) is 48.9 Å². The van der Waals surface area contributed by atoms with E-state index in [2.05, 4.69) is 105 Å². The number of benzene rings is 5. The van der Waals surface area contributed by atoms with Gasteiger partial charge in [-0.25, -0.2) is 9.97 Å². The van der Waals surface area contributed by atoms with Crippen LogP contribution in [0.3, 0.4) is 0 Å². The van der Waals surface area contributed by atoms with Gasteiger partial charge in [0.2, 0.25) is 0 Å². The van der Waals surface area contributed by atoms with Gasteiger partial charge in [0.1, 0.15) is 11.4 Å². The van der Waals surface area contributed by atoms with Gasteiger partial charge in [0.25, 0.3) is 0 Å². The molecule has 0 radical (unpaired) electrons. The molecule has 0 unspecified atom stereocenters. The maximum atomic E-state index is 11.1. The fourth-order valence-electron chi connectivity index (χ4n) is 7.04. The normalized spacial score (nSPS) is 11.9. The number of phenols is 1. The number of nitrogens with zero attached hydrogens (tertiary/aromatic N) is 5. The zero-order valence-corrected chi connectivity index (χ0v) is 25.9. The van der Waals surface area contributed by atoms with Crippen molar-refractivity contribution >= 4 is 71.1 Å². The molecule has 5 heterocycles. The predicted octanol–water partition coefficient (Wildman–Crippen LogP) is 8.73. The first-order valence-electron chi connectivity index (χ1n) is 14.6. The van der Waals surface area contributed by atoms with Gasteiger partial charge in [-0.15, -0.1) is 17.5 Å². The number of pyridine rings is 2. The fraction of sp³-hybridized carbons (Fsp3) is 0. The molecule has 45 heavy (non-hydrogen) atoms. The van der Waals surface area contributed by atoms with Crippen LogP contribution < -0.4 is 0 Å². The van der Waals surface area contributed by atoms with Crippen LogP contribution in [0, 0.1) is 6.07 Å². The smallest absolute Gasteiger partial charge is 0.155 e. The van der Waals surface area contributed by atoms with E-state index in [1.807, 2.05) is 36.5 Å². The van der Waals surface area contributed by atoms with E-state index in [0.717, 1.165) is 76.9 Å². The van der Waals surface area contributed by atoms with Gasteiger partial charge in [-0.3, -0.25) is 4.40 Å². The molecule has 0 saturated carbocycles. The van der Waals surface area contributed by atoms with E-state index < -0.39 is 0 Å². The summed E-state index contributed by atoms with van der Waals surface area (Å²) in [4.78, 5) is 10.0. The summed E-state index contributed by atoms with van der Waals surface area (Å²) < 4.78 is 6.46. The molecule has 0 aliphatic heterocycles.